The molecular formula is C32H31BrClFN4O6. The third-order valence-corrected chi connectivity index (χ3v) is 10.1. The summed E-state index contributed by atoms with van der Waals surface area (Å²) in [5, 5.41) is 29.9. The molecule has 4 atom stereocenters. The van der Waals surface area contributed by atoms with Gasteiger partial charge >= 0.3 is 5.97 Å². The van der Waals surface area contributed by atoms with E-state index in [2.05, 4.69) is 26.6 Å². The largest absolute Gasteiger partial charge is 0.465 e. The Bertz CT molecular complexity index is 1690. The van der Waals surface area contributed by atoms with E-state index in [1.54, 1.807) is 30.3 Å². The molecule has 1 amide bonds. The maximum atomic E-state index is 16.1. The number of nitrogens with zero attached hydrogens (tertiary/aromatic N) is 2. The van der Waals surface area contributed by atoms with Gasteiger partial charge in [0.15, 0.2) is 0 Å². The Morgan fingerprint density at radius 2 is 2.04 bits per heavy atom. The van der Waals surface area contributed by atoms with Crippen molar-refractivity contribution < 1.29 is 28.7 Å². The summed E-state index contributed by atoms with van der Waals surface area (Å²) in [6.07, 6.45) is 2.19. The number of nitrogens with one attached hydrogen (secondary N) is 2. The van der Waals surface area contributed by atoms with Crippen LogP contribution in [0.2, 0.25) is 5.02 Å². The minimum absolute atomic E-state index is 0.0309. The van der Waals surface area contributed by atoms with E-state index >= 15 is 4.39 Å². The van der Waals surface area contributed by atoms with Crippen LogP contribution in [0.1, 0.15) is 45.8 Å². The second-order valence-electron chi connectivity index (χ2n) is 11.8. The van der Waals surface area contributed by atoms with Crippen LogP contribution in [0.4, 0.5) is 15.8 Å². The molecular weight excluding hydrogens is 671 g/mol. The third-order valence-electron chi connectivity index (χ3n) is 9.26. The van der Waals surface area contributed by atoms with E-state index in [0.717, 1.165) is 24.5 Å². The van der Waals surface area contributed by atoms with Crippen molar-refractivity contribution in [3.63, 3.8) is 0 Å². The number of amides is 1. The number of nitro groups is 1. The van der Waals surface area contributed by atoms with E-state index in [-0.39, 0.29) is 52.3 Å². The number of anilines is 1. The zero-order valence-corrected chi connectivity index (χ0v) is 26.6. The minimum atomic E-state index is -1.31. The molecule has 0 radical (unpaired) electrons. The molecule has 2 fully saturated rings. The summed E-state index contributed by atoms with van der Waals surface area (Å²) in [7, 11) is 1.19. The van der Waals surface area contributed by atoms with Gasteiger partial charge in [0.2, 0.25) is 5.91 Å². The van der Waals surface area contributed by atoms with Crippen molar-refractivity contribution in [3.05, 3.63) is 102 Å². The fourth-order valence-corrected chi connectivity index (χ4v) is 7.55. The molecule has 13 heteroatoms. The zero-order chi connectivity index (χ0) is 32.0. The molecule has 3 aromatic carbocycles. The highest BCUT2D eigenvalue weighted by Gasteiger charge is 2.65. The minimum Gasteiger partial charge on any atom is -0.465 e. The van der Waals surface area contributed by atoms with Gasteiger partial charge in [0.25, 0.3) is 5.69 Å². The molecule has 236 valence electrons. The standard InChI is InChI=1S/C32H31BrClFN4O6/c1-45-30(41)18-7-8-20(25(11-18)39(43)44)14-36-29-26(16-40)38(15-17-5-6-17)32(27(29)22-3-2-4-23(33)28(22)35)13-19-9-10-21(34)12-24(19)37-31(32)42/h2-4,7-12,17,26-27,29,36,40H,5-6,13-16H2,1H3,(H,37,42)/t26-,27-,29+,32+/m0/s1. The lowest BCUT2D eigenvalue weighted by molar-refractivity contribution is -0.385. The Balaban J connectivity index is 1.48. The lowest BCUT2D eigenvalue weighted by atomic mass is 9.71. The monoisotopic (exact) mass is 700 g/mol. The first-order valence-electron chi connectivity index (χ1n) is 14.6. The fraction of sp³-hybridized carbons (Fsp3) is 0.375. The van der Waals surface area contributed by atoms with Gasteiger partial charge in [-0.1, -0.05) is 35.9 Å². The summed E-state index contributed by atoms with van der Waals surface area (Å²) in [6, 6.07) is 12.9. The van der Waals surface area contributed by atoms with Gasteiger partial charge < -0.3 is 20.5 Å². The number of nitro benzene ring substituents is 1. The van der Waals surface area contributed by atoms with E-state index in [9.17, 15) is 24.8 Å². The first-order chi connectivity index (χ1) is 21.6. The predicted octanol–water partition coefficient (Wildman–Crippen LogP) is 5.20. The van der Waals surface area contributed by atoms with Crippen molar-refractivity contribution in [2.45, 2.75) is 49.3 Å². The molecule has 0 unspecified atom stereocenters. The number of hydrogen-bond acceptors (Lipinski definition) is 8. The number of carbonyl (C=O) groups is 2. The summed E-state index contributed by atoms with van der Waals surface area (Å²) >= 11 is 9.56. The topological polar surface area (TPSA) is 134 Å². The Hall–Kier alpha value is -3.42. The fourth-order valence-electron chi connectivity index (χ4n) is 7.00. The molecule has 3 aliphatic rings. The number of carbonyl (C=O) groups excluding carboxylic acids is 2. The van der Waals surface area contributed by atoms with Crippen molar-refractivity contribution in [1.82, 2.24) is 10.2 Å². The first-order valence-corrected chi connectivity index (χ1v) is 15.8. The maximum absolute atomic E-state index is 16.1. The molecule has 6 rings (SSSR count). The van der Waals surface area contributed by atoms with Crippen molar-refractivity contribution in [2.24, 2.45) is 5.92 Å². The molecule has 1 spiro atoms. The highest BCUT2D eigenvalue weighted by atomic mass is 79.9. The second kappa shape index (κ2) is 12.4. The van der Waals surface area contributed by atoms with Gasteiger partial charge in [-0.05, 0) is 70.1 Å². The van der Waals surface area contributed by atoms with E-state index in [1.807, 2.05) is 11.0 Å². The van der Waals surface area contributed by atoms with E-state index in [1.165, 1.54) is 19.2 Å². The van der Waals surface area contributed by atoms with Crippen LogP contribution < -0.4 is 10.6 Å². The smallest absolute Gasteiger partial charge is 0.338 e. The number of hydrogen-bond donors (Lipinski definition) is 3. The third kappa shape index (κ3) is 5.63. The summed E-state index contributed by atoms with van der Waals surface area (Å²) in [5.41, 5.74) is 0.393. The predicted molar refractivity (Wildman–Crippen MR) is 169 cm³/mol. The average Bonchev–Trinajstić information content (AvgIpc) is 3.81. The highest BCUT2D eigenvalue weighted by molar-refractivity contribution is 9.10. The van der Waals surface area contributed by atoms with Crippen LogP contribution in [0.15, 0.2) is 59.1 Å². The van der Waals surface area contributed by atoms with Crippen LogP contribution in [0.25, 0.3) is 0 Å². The Kier molecular flexibility index (Phi) is 8.70. The van der Waals surface area contributed by atoms with Gasteiger partial charge in [0.1, 0.15) is 11.4 Å². The molecule has 10 nitrogen and oxygen atoms in total. The number of benzene rings is 3. The molecule has 0 aromatic heterocycles. The number of methoxy groups -OCH3 is 1. The first kappa shape index (κ1) is 31.6. The zero-order valence-electron chi connectivity index (χ0n) is 24.3. The number of aliphatic hydroxyl groups excluding tert-OH is 1. The summed E-state index contributed by atoms with van der Waals surface area (Å²) in [4.78, 5) is 40.0. The quantitative estimate of drug-likeness (QED) is 0.158. The highest BCUT2D eigenvalue weighted by Crippen LogP contribution is 2.53. The van der Waals surface area contributed by atoms with Crippen LogP contribution in [0.3, 0.4) is 0 Å². The molecule has 1 aliphatic carbocycles. The van der Waals surface area contributed by atoms with E-state index in [4.69, 9.17) is 16.3 Å². The SMILES string of the molecule is COC(=O)c1ccc(CN[C@@H]2[C@H](CO)N(CC3CC3)[C@]3(Cc4ccc(Cl)cc4NC3=O)[C@H]2c2cccc(Br)c2F)c([N+](=O)[O-])c1. The molecule has 3 aromatic rings. The molecule has 3 N–H and O–H groups in total. The Morgan fingerprint density at radius 3 is 2.73 bits per heavy atom. The lowest BCUT2D eigenvalue weighted by Gasteiger charge is -2.45. The Morgan fingerprint density at radius 1 is 1.27 bits per heavy atom. The van der Waals surface area contributed by atoms with Gasteiger partial charge in [-0.3, -0.25) is 19.8 Å². The molecule has 2 aliphatic heterocycles. The van der Waals surface area contributed by atoms with Crippen molar-refractivity contribution in [1.29, 1.82) is 0 Å². The maximum Gasteiger partial charge on any atom is 0.338 e. The summed E-state index contributed by atoms with van der Waals surface area (Å²) in [6.45, 7) is 0.119. The van der Waals surface area contributed by atoms with Crippen LogP contribution in [-0.2, 0) is 22.5 Å². The normalized spacial score (nSPS) is 24.4. The molecule has 1 saturated carbocycles. The molecule has 0 bridgehead atoms. The van der Waals surface area contributed by atoms with Crippen LogP contribution >= 0.6 is 27.5 Å². The number of halogens is 3. The molecule has 1 saturated heterocycles. The van der Waals surface area contributed by atoms with Gasteiger partial charge in [0.05, 0.1) is 28.7 Å². The van der Waals surface area contributed by atoms with Crippen molar-refractivity contribution >= 4 is 50.8 Å². The van der Waals surface area contributed by atoms with E-state index in [0.29, 0.717) is 23.2 Å². The van der Waals surface area contributed by atoms with Crippen LogP contribution in [-0.4, -0.2) is 64.7 Å². The number of aliphatic hydroxyl groups is 1. The van der Waals surface area contributed by atoms with Gasteiger partial charge in [0, 0.05) is 59.9 Å². The van der Waals surface area contributed by atoms with Crippen molar-refractivity contribution in [2.75, 3.05) is 25.6 Å². The van der Waals surface area contributed by atoms with E-state index < -0.39 is 40.3 Å². The van der Waals surface area contributed by atoms with Gasteiger partial charge in [-0.2, -0.15) is 0 Å². The molecule has 45 heavy (non-hydrogen) atoms. The second-order valence-corrected chi connectivity index (χ2v) is 13.1. The van der Waals surface area contributed by atoms with Gasteiger partial charge in [-0.25, -0.2) is 9.18 Å². The number of esters is 1. The van der Waals surface area contributed by atoms with Gasteiger partial charge in [-0.15, -0.1) is 0 Å². The number of ether oxygens (including phenoxy) is 1. The van der Waals surface area contributed by atoms with Crippen LogP contribution in [0.5, 0.6) is 0 Å². The molecule has 2 heterocycles. The lowest BCUT2D eigenvalue weighted by Crippen LogP contribution is -2.61. The Labute approximate surface area is 272 Å². The number of rotatable bonds is 9. The van der Waals surface area contributed by atoms with Crippen LogP contribution in [0, 0.1) is 21.8 Å². The number of likely N-dealkylation sites (tertiary alicyclic amines) is 1. The van der Waals surface area contributed by atoms with Crippen molar-refractivity contribution in [3.8, 4) is 0 Å². The number of fused-ring (bicyclic) bond motifs is 1. The summed E-state index contributed by atoms with van der Waals surface area (Å²) in [5.74, 6) is -2.07. The average molecular weight is 702 g/mol. The summed E-state index contributed by atoms with van der Waals surface area (Å²) < 4.78 is 21.1.